The van der Waals surface area contributed by atoms with Crippen molar-refractivity contribution in [2.75, 3.05) is 0 Å². The van der Waals surface area contributed by atoms with Crippen molar-refractivity contribution in [1.29, 1.82) is 0 Å². The van der Waals surface area contributed by atoms with Gasteiger partial charge in [-0.25, -0.2) is 18.4 Å². The molecule has 3 heterocycles. The van der Waals surface area contributed by atoms with Crippen molar-refractivity contribution < 1.29 is 13.3 Å². The van der Waals surface area contributed by atoms with E-state index < -0.39 is 11.6 Å². The summed E-state index contributed by atoms with van der Waals surface area (Å²) in [7, 11) is 0. The lowest BCUT2D eigenvalue weighted by Crippen LogP contribution is -2.02. The molecular formula is C23H17F2N7O. The van der Waals surface area contributed by atoms with Crippen molar-refractivity contribution in [3.05, 3.63) is 71.2 Å². The van der Waals surface area contributed by atoms with E-state index in [0.717, 1.165) is 59.6 Å². The van der Waals surface area contributed by atoms with Gasteiger partial charge in [0.25, 0.3) is 5.89 Å². The molecule has 8 nitrogen and oxygen atoms in total. The number of hydrogen-bond donors (Lipinski definition) is 1. The molecule has 0 fully saturated rings. The normalized spacial score (nSPS) is 12.9. The number of rotatable bonds is 4. The highest BCUT2D eigenvalue weighted by atomic mass is 19.2. The van der Waals surface area contributed by atoms with E-state index in [4.69, 9.17) is 4.52 Å². The number of nitrogens with zero attached hydrogens (tertiary/aromatic N) is 6. The first-order valence-electron chi connectivity index (χ1n) is 10.5. The summed E-state index contributed by atoms with van der Waals surface area (Å²) in [5, 5.41) is 15.8. The van der Waals surface area contributed by atoms with Gasteiger partial charge >= 0.3 is 0 Å². The highest BCUT2D eigenvalue weighted by molar-refractivity contribution is 5.67. The van der Waals surface area contributed by atoms with Crippen LogP contribution in [0.2, 0.25) is 0 Å². The Hall–Kier alpha value is -4.21. The number of aryl methyl sites for hydroxylation is 1. The second-order valence-electron chi connectivity index (χ2n) is 7.89. The smallest absolute Gasteiger partial charge is 0.279 e. The lowest BCUT2D eigenvalue weighted by atomic mass is 10.1. The maximum absolute atomic E-state index is 13.8. The van der Waals surface area contributed by atoms with Crippen LogP contribution in [0.4, 0.5) is 8.78 Å². The number of hydrogen-bond acceptors (Lipinski definition) is 6. The molecule has 5 aromatic rings. The molecule has 2 aromatic carbocycles. The number of H-pyrrole nitrogens is 1. The molecular weight excluding hydrogens is 428 g/mol. The van der Waals surface area contributed by atoms with Gasteiger partial charge in [-0.15, -0.1) is 0 Å². The zero-order valence-corrected chi connectivity index (χ0v) is 17.5. The largest absolute Gasteiger partial charge is 0.332 e. The standard InChI is InChI=1S/C23H17F2N7O/c1-12-26-21(29-28-12)13-4-2-5-14(10-13)22-27-23(33-31-22)20-16-6-3-7-19(16)32(30-20)15-8-9-17(24)18(25)11-15/h2,4-5,8-11H,3,6-7H2,1H3,(H,26,28,29). The molecule has 0 aliphatic heterocycles. The van der Waals surface area contributed by atoms with Gasteiger partial charge in [-0.1, -0.05) is 23.4 Å². The van der Waals surface area contributed by atoms with Gasteiger partial charge in [0.15, 0.2) is 23.2 Å². The Bertz CT molecular complexity index is 1500. The number of halogens is 2. The Morgan fingerprint density at radius 1 is 0.970 bits per heavy atom. The second kappa shape index (κ2) is 7.44. The van der Waals surface area contributed by atoms with Crippen LogP contribution in [-0.4, -0.2) is 35.1 Å². The van der Waals surface area contributed by atoms with Gasteiger partial charge in [-0.2, -0.15) is 15.2 Å². The number of fused-ring (bicyclic) bond motifs is 1. The summed E-state index contributed by atoms with van der Waals surface area (Å²) in [6.07, 6.45) is 2.51. The van der Waals surface area contributed by atoms with E-state index in [2.05, 4.69) is 30.4 Å². The van der Waals surface area contributed by atoms with Gasteiger partial charge in [0.05, 0.1) is 5.69 Å². The minimum atomic E-state index is -0.919. The van der Waals surface area contributed by atoms with Gasteiger partial charge in [0, 0.05) is 28.5 Å². The van der Waals surface area contributed by atoms with E-state index in [1.807, 2.05) is 31.2 Å². The molecule has 0 atom stereocenters. The van der Waals surface area contributed by atoms with Crippen molar-refractivity contribution in [1.82, 2.24) is 35.1 Å². The molecule has 0 saturated heterocycles. The van der Waals surface area contributed by atoms with Gasteiger partial charge in [0.2, 0.25) is 5.82 Å². The Kier molecular flexibility index (Phi) is 4.39. The van der Waals surface area contributed by atoms with Gasteiger partial charge in [0.1, 0.15) is 5.82 Å². The molecule has 164 valence electrons. The number of aromatic amines is 1. The van der Waals surface area contributed by atoms with E-state index in [0.29, 0.717) is 23.0 Å². The minimum absolute atomic E-state index is 0.281. The van der Waals surface area contributed by atoms with Crippen molar-refractivity contribution in [2.45, 2.75) is 26.2 Å². The molecule has 33 heavy (non-hydrogen) atoms. The van der Waals surface area contributed by atoms with E-state index in [-0.39, 0.29) is 5.89 Å². The third-order valence-electron chi connectivity index (χ3n) is 5.68. The molecule has 1 N–H and O–H groups in total. The van der Waals surface area contributed by atoms with E-state index in [1.165, 1.54) is 6.07 Å². The average molecular weight is 445 g/mol. The van der Waals surface area contributed by atoms with E-state index in [1.54, 1.807) is 4.68 Å². The molecule has 0 unspecified atom stereocenters. The van der Waals surface area contributed by atoms with Crippen LogP contribution in [0, 0.1) is 18.6 Å². The molecule has 1 aliphatic carbocycles. The fourth-order valence-electron chi connectivity index (χ4n) is 4.15. The minimum Gasteiger partial charge on any atom is -0.332 e. The Morgan fingerprint density at radius 3 is 2.61 bits per heavy atom. The molecule has 6 rings (SSSR count). The van der Waals surface area contributed by atoms with Crippen molar-refractivity contribution in [3.8, 4) is 40.0 Å². The predicted molar refractivity (Wildman–Crippen MR) is 114 cm³/mol. The van der Waals surface area contributed by atoms with Crippen LogP contribution in [0.1, 0.15) is 23.5 Å². The third kappa shape index (κ3) is 3.30. The summed E-state index contributed by atoms with van der Waals surface area (Å²) >= 11 is 0. The van der Waals surface area contributed by atoms with Crippen LogP contribution in [0.5, 0.6) is 0 Å². The maximum atomic E-state index is 13.8. The van der Waals surface area contributed by atoms with Crippen molar-refractivity contribution in [2.24, 2.45) is 0 Å². The lowest BCUT2D eigenvalue weighted by Gasteiger charge is -2.05. The zero-order chi connectivity index (χ0) is 22.5. The predicted octanol–water partition coefficient (Wildman–Crippen LogP) is 4.45. The molecule has 0 spiro atoms. The molecule has 10 heteroatoms. The van der Waals surface area contributed by atoms with Crippen LogP contribution in [-0.2, 0) is 12.8 Å². The summed E-state index contributed by atoms with van der Waals surface area (Å²) in [6.45, 7) is 1.84. The number of nitrogens with one attached hydrogen (secondary N) is 1. The lowest BCUT2D eigenvalue weighted by molar-refractivity contribution is 0.430. The Balaban J connectivity index is 1.39. The summed E-state index contributed by atoms with van der Waals surface area (Å²) in [5.74, 6) is 0.186. The zero-order valence-electron chi connectivity index (χ0n) is 17.5. The average Bonchev–Trinajstić information content (AvgIpc) is 3.60. The fraction of sp³-hybridized carbons (Fsp3) is 0.174. The summed E-state index contributed by atoms with van der Waals surface area (Å²) < 4.78 is 34.4. The van der Waals surface area contributed by atoms with Crippen LogP contribution in [0.25, 0.3) is 40.0 Å². The second-order valence-corrected chi connectivity index (χ2v) is 7.89. The first kappa shape index (κ1) is 19.5. The third-order valence-corrected chi connectivity index (χ3v) is 5.68. The fourth-order valence-corrected chi connectivity index (χ4v) is 4.15. The van der Waals surface area contributed by atoms with E-state index >= 15 is 0 Å². The SMILES string of the molecule is Cc1nc(-c2cccc(-c3noc(-c4nn(-c5ccc(F)c(F)c5)c5c4CCC5)n3)c2)n[nH]1. The quantitative estimate of drug-likeness (QED) is 0.439. The highest BCUT2D eigenvalue weighted by Gasteiger charge is 2.27. The monoisotopic (exact) mass is 445 g/mol. The summed E-state index contributed by atoms with van der Waals surface area (Å²) in [4.78, 5) is 8.93. The van der Waals surface area contributed by atoms with Gasteiger partial charge in [-0.05, 0) is 44.4 Å². The first-order chi connectivity index (χ1) is 16.1. The first-order valence-corrected chi connectivity index (χ1v) is 10.5. The maximum Gasteiger partial charge on any atom is 0.279 e. The molecule has 0 bridgehead atoms. The summed E-state index contributed by atoms with van der Waals surface area (Å²) in [6, 6.07) is 11.3. The van der Waals surface area contributed by atoms with Crippen LogP contribution >= 0.6 is 0 Å². The summed E-state index contributed by atoms with van der Waals surface area (Å²) in [5.41, 5.74) is 4.52. The van der Waals surface area contributed by atoms with E-state index in [9.17, 15) is 8.78 Å². The van der Waals surface area contributed by atoms with Crippen molar-refractivity contribution >= 4 is 0 Å². The molecule has 0 radical (unpaired) electrons. The number of benzene rings is 2. The Morgan fingerprint density at radius 2 is 1.82 bits per heavy atom. The molecule has 0 amide bonds. The molecule has 0 saturated carbocycles. The Labute approximate surface area is 186 Å². The van der Waals surface area contributed by atoms with Crippen LogP contribution in [0.3, 0.4) is 0 Å². The van der Waals surface area contributed by atoms with Crippen molar-refractivity contribution in [3.63, 3.8) is 0 Å². The molecule has 1 aliphatic rings. The highest BCUT2D eigenvalue weighted by Crippen LogP contribution is 2.34. The number of aromatic nitrogens is 7. The van der Waals surface area contributed by atoms with Crippen LogP contribution in [0.15, 0.2) is 47.0 Å². The van der Waals surface area contributed by atoms with Gasteiger partial charge < -0.3 is 4.52 Å². The van der Waals surface area contributed by atoms with Gasteiger partial charge in [-0.3, -0.25) is 5.10 Å². The van der Waals surface area contributed by atoms with Crippen LogP contribution < -0.4 is 0 Å². The molecule has 3 aromatic heterocycles. The topological polar surface area (TPSA) is 98.3 Å².